The van der Waals surface area contributed by atoms with Crippen molar-refractivity contribution in [2.24, 2.45) is 0 Å². The minimum Gasteiger partial charge on any atom is -0.481 e. The largest absolute Gasteiger partial charge is 0.481 e. The van der Waals surface area contributed by atoms with Crippen molar-refractivity contribution in [3.05, 3.63) is 11.1 Å². The number of aromatic nitrogens is 1. The van der Waals surface area contributed by atoms with Crippen molar-refractivity contribution in [2.75, 3.05) is 5.32 Å². The maximum absolute atomic E-state index is 10.4. The third kappa shape index (κ3) is 2.23. The number of nitrogens with one attached hydrogen (secondary N) is 1. The van der Waals surface area contributed by atoms with Gasteiger partial charge in [0.2, 0.25) is 0 Å². The van der Waals surface area contributed by atoms with E-state index in [-0.39, 0.29) is 6.42 Å². The SMILES string of the molecule is O=C(O)Cc1csc(NC2CCC2)n1. The van der Waals surface area contributed by atoms with Crippen LogP contribution in [-0.2, 0) is 11.2 Å². The first-order valence-electron chi connectivity index (χ1n) is 4.67. The van der Waals surface area contributed by atoms with E-state index in [4.69, 9.17) is 5.11 Å². The maximum atomic E-state index is 10.4. The van der Waals surface area contributed by atoms with Crippen molar-refractivity contribution in [3.63, 3.8) is 0 Å². The van der Waals surface area contributed by atoms with Crippen LogP contribution in [-0.4, -0.2) is 22.1 Å². The van der Waals surface area contributed by atoms with Gasteiger partial charge in [-0.25, -0.2) is 4.98 Å². The van der Waals surface area contributed by atoms with Crippen LogP contribution in [0.15, 0.2) is 5.38 Å². The molecular weight excluding hydrogens is 200 g/mol. The van der Waals surface area contributed by atoms with E-state index in [0.717, 1.165) is 5.13 Å². The molecule has 2 rings (SSSR count). The second-order valence-electron chi connectivity index (χ2n) is 3.49. The molecule has 4 nitrogen and oxygen atoms in total. The van der Waals surface area contributed by atoms with E-state index in [1.54, 1.807) is 5.38 Å². The molecular formula is C9H12N2O2S. The Morgan fingerprint density at radius 3 is 3.07 bits per heavy atom. The molecule has 76 valence electrons. The van der Waals surface area contributed by atoms with E-state index in [1.165, 1.54) is 30.6 Å². The number of anilines is 1. The molecule has 5 heteroatoms. The molecule has 1 aromatic rings. The molecule has 1 fully saturated rings. The minimum atomic E-state index is -0.828. The van der Waals surface area contributed by atoms with Crippen molar-refractivity contribution in [3.8, 4) is 0 Å². The van der Waals surface area contributed by atoms with Crippen molar-refractivity contribution in [1.29, 1.82) is 0 Å². The van der Waals surface area contributed by atoms with Crippen molar-refractivity contribution in [2.45, 2.75) is 31.7 Å². The zero-order valence-electron chi connectivity index (χ0n) is 7.69. The molecule has 0 aromatic carbocycles. The Hall–Kier alpha value is -1.10. The van der Waals surface area contributed by atoms with E-state index in [1.807, 2.05) is 0 Å². The number of nitrogens with zero attached hydrogens (tertiary/aromatic N) is 1. The fourth-order valence-corrected chi connectivity index (χ4v) is 2.12. The number of hydrogen-bond donors (Lipinski definition) is 2. The second-order valence-corrected chi connectivity index (χ2v) is 4.34. The summed E-state index contributed by atoms with van der Waals surface area (Å²) in [6.07, 6.45) is 3.70. The molecule has 1 saturated carbocycles. The van der Waals surface area contributed by atoms with E-state index < -0.39 is 5.97 Å². The highest BCUT2D eigenvalue weighted by atomic mass is 32.1. The summed E-state index contributed by atoms with van der Waals surface area (Å²) in [5, 5.41) is 14.5. The number of carboxylic acids is 1. The first-order valence-corrected chi connectivity index (χ1v) is 5.55. The quantitative estimate of drug-likeness (QED) is 0.798. The van der Waals surface area contributed by atoms with Crippen LogP contribution >= 0.6 is 11.3 Å². The second kappa shape index (κ2) is 3.96. The Kier molecular flexibility index (Phi) is 2.67. The normalized spacial score (nSPS) is 16.3. The van der Waals surface area contributed by atoms with Gasteiger partial charge in [0.1, 0.15) is 0 Å². The summed E-state index contributed by atoms with van der Waals surface area (Å²) in [4.78, 5) is 14.6. The summed E-state index contributed by atoms with van der Waals surface area (Å²) >= 11 is 1.48. The molecule has 2 N–H and O–H groups in total. The van der Waals surface area contributed by atoms with Crippen LogP contribution in [0.25, 0.3) is 0 Å². The van der Waals surface area contributed by atoms with Gasteiger partial charge in [0.15, 0.2) is 5.13 Å². The van der Waals surface area contributed by atoms with Gasteiger partial charge < -0.3 is 10.4 Å². The average molecular weight is 212 g/mol. The molecule has 1 heterocycles. The third-order valence-corrected chi connectivity index (χ3v) is 3.14. The summed E-state index contributed by atoms with van der Waals surface area (Å²) in [7, 11) is 0. The first kappa shape index (κ1) is 9.45. The zero-order valence-corrected chi connectivity index (χ0v) is 8.51. The predicted molar refractivity (Wildman–Crippen MR) is 54.7 cm³/mol. The summed E-state index contributed by atoms with van der Waals surface area (Å²) in [5.74, 6) is -0.828. The molecule has 0 atom stereocenters. The molecule has 0 aliphatic heterocycles. The summed E-state index contributed by atoms with van der Waals surface area (Å²) in [6.45, 7) is 0. The minimum absolute atomic E-state index is 0.0167. The Morgan fingerprint density at radius 1 is 1.71 bits per heavy atom. The van der Waals surface area contributed by atoms with Crippen LogP contribution in [0.4, 0.5) is 5.13 Å². The molecule has 0 saturated heterocycles. The van der Waals surface area contributed by atoms with Gasteiger partial charge in [-0.1, -0.05) is 0 Å². The molecule has 1 aliphatic rings. The number of rotatable bonds is 4. The van der Waals surface area contributed by atoms with Crippen molar-refractivity contribution < 1.29 is 9.90 Å². The van der Waals surface area contributed by atoms with Gasteiger partial charge in [-0.2, -0.15) is 0 Å². The van der Waals surface area contributed by atoms with Gasteiger partial charge in [0.05, 0.1) is 12.1 Å². The lowest BCUT2D eigenvalue weighted by molar-refractivity contribution is -0.136. The molecule has 0 radical (unpaired) electrons. The lowest BCUT2D eigenvalue weighted by atomic mass is 9.93. The van der Waals surface area contributed by atoms with E-state index >= 15 is 0 Å². The maximum Gasteiger partial charge on any atom is 0.309 e. The predicted octanol–water partition coefficient (Wildman–Crippen LogP) is 1.73. The number of aliphatic carboxylic acids is 1. The Bertz CT molecular complexity index is 333. The van der Waals surface area contributed by atoms with Crippen LogP contribution < -0.4 is 5.32 Å². The van der Waals surface area contributed by atoms with Crippen LogP contribution in [0.5, 0.6) is 0 Å². The fourth-order valence-electron chi connectivity index (χ4n) is 1.34. The van der Waals surface area contributed by atoms with Crippen LogP contribution in [0.1, 0.15) is 25.0 Å². The van der Waals surface area contributed by atoms with Crippen molar-refractivity contribution >= 4 is 22.4 Å². The number of thiazole rings is 1. The van der Waals surface area contributed by atoms with E-state index in [9.17, 15) is 4.79 Å². The van der Waals surface area contributed by atoms with Gasteiger partial charge in [-0.15, -0.1) is 11.3 Å². The van der Waals surface area contributed by atoms with E-state index in [0.29, 0.717) is 11.7 Å². The number of hydrogen-bond acceptors (Lipinski definition) is 4. The highest BCUT2D eigenvalue weighted by Gasteiger charge is 2.18. The first-order chi connectivity index (χ1) is 6.74. The molecule has 0 unspecified atom stereocenters. The van der Waals surface area contributed by atoms with Crippen LogP contribution in [0, 0.1) is 0 Å². The lowest BCUT2D eigenvalue weighted by Crippen LogP contribution is -2.26. The number of carboxylic acid groups (broad SMARTS) is 1. The summed E-state index contributed by atoms with van der Waals surface area (Å²) in [5.41, 5.74) is 0.643. The smallest absolute Gasteiger partial charge is 0.309 e. The fraction of sp³-hybridized carbons (Fsp3) is 0.556. The lowest BCUT2D eigenvalue weighted by Gasteiger charge is -2.25. The summed E-state index contributed by atoms with van der Waals surface area (Å²) < 4.78 is 0. The van der Waals surface area contributed by atoms with Gasteiger partial charge in [-0.3, -0.25) is 4.79 Å². The molecule has 0 amide bonds. The highest BCUT2D eigenvalue weighted by Crippen LogP contribution is 2.25. The standard InChI is InChI=1S/C9H12N2O2S/c12-8(13)4-7-5-14-9(11-7)10-6-2-1-3-6/h5-6H,1-4H2,(H,10,11)(H,12,13). The Labute approximate surface area is 86.0 Å². The molecule has 1 aromatic heterocycles. The van der Waals surface area contributed by atoms with Crippen molar-refractivity contribution in [1.82, 2.24) is 4.98 Å². The van der Waals surface area contributed by atoms with Gasteiger partial charge >= 0.3 is 5.97 Å². The van der Waals surface area contributed by atoms with Gasteiger partial charge in [0.25, 0.3) is 0 Å². The van der Waals surface area contributed by atoms with Crippen LogP contribution in [0.2, 0.25) is 0 Å². The zero-order chi connectivity index (χ0) is 9.97. The van der Waals surface area contributed by atoms with E-state index in [2.05, 4.69) is 10.3 Å². The Balaban J connectivity index is 1.91. The van der Waals surface area contributed by atoms with Gasteiger partial charge in [0, 0.05) is 11.4 Å². The summed E-state index contributed by atoms with van der Waals surface area (Å²) in [6, 6.07) is 0.554. The van der Waals surface area contributed by atoms with Gasteiger partial charge in [-0.05, 0) is 19.3 Å². The highest BCUT2D eigenvalue weighted by molar-refractivity contribution is 7.13. The average Bonchev–Trinajstić information content (AvgIpc) is 2.44. The molecule has 0 spiro atoms. The molecule has 14 heavy (non-hydrogen) atoms. The molecule has 0 bridgehead atoms. The van der Waals surface area contributed by atoms with Crippen LogP contribution in [0.3, 0.4) is 0 Å². The molecule has 1 aliphatic carbocycles. The third-order valence-electron chi connectivity index (χ3n) is 2.32. The Morgan fingerprint density at radius 2 is 2.50 bits per heavy atom. The topological polar surface area (TPSA) is 62.2 Å². The monoisotopic (exact) mass is 212 g/mol. The number of carbonyl (C=O) groups is 1.